The number of hydrogen-bond acceptors (Lipinski definition) is 6. The first-order valence-electron chi connectivity index (χ1n) is 8.34. The normalized spacial score (nSPS) is 24.7. The van der Waals surface area contributed by atoms with Gasteiger partial charge in [-0.15, -0.1) is 0 Å². The molecule has 2 atom stereocenters. The first-order chi connectivity index (χ1) is 12.5. The Balaban J connectivity index is 2.25. The Morgan fingerprint density at radius 3 is 2.67 bits per heavy atom. The highest BCUT2D eigenvalue weighted by Gasteiger charge is 2.42. The maximum Gasteiger partial charge on any atom is 0.359 e. The fourth-order valence-corrected chi connectivity index (χ4v) is 7.06. The van der Waals surface area contributed by atoms with Crippen LogP contribution in [-0.4, -0.2) is 59.1 Å². The zero-order chi connectivity index (χ0) is 19.8. The molecule has 0 bridgehead atoms. The molecule has 0 radical (unpaired) electrons. The molecule has 4 rings (SSSR count). The van der Waals surface area contributed by atoms with E-state index in [1.165, 1.54) is 6.92 Å². The van der Waals surface area contributed by atoms with E-state index in [0.717, 1.165) is 2.78 Å². The van der Waals surface area contributed by atoms with E-state index in [1.807, 2.05) is 23.8 Å². The molecule has 2 aliphatic rings. The Hall–Kier alpha value is -0.980. The Kier molecular flexibility index (Phi) is 4.48. The van der Waals surface area contributed by atoms with Crippen LogP contribution in [0.4, 0.5) is 10.2 Å². The van der Waals surface area contributed by atoms with E-state index in [9.17, 15) is 13.2 Å². The lowest BCUT2D eigenvalue weighted by atomic mass is 10.1. The number of aromatic nitrogens is 2. The number of likely N-dealkylation sites (N-methyl/N-ethyl adjacent to an activating group) is 1. The molecular weight excluding hydrogens is 510 g/mol. The van der Waals surface area contributed by atoms with Gasteiger partial charge in [-0.2, -0.15) is 4.98 Å². The fraction of sp³-hybridized carbons (Fsp3) is 0.500. The second-order valence-corrected chi connectivity index (χ2v) is 10.5. The minimum atomic E-state index is -3.96. The van der Waals surface area contributed by atoms with Crippen molar-refractivity contribution in [2.75, 3.05) is 30.8 Å². The van der Waals surface area contributed by atoms with Crippen LogP contribution >= 0.6 is 34.5 Å². The zero-order valence-corrected chi connectivity index (χ0v) is 18.6. The van der Waals surface area contributed by atoms with Gasteiger partial charge in [0.25, 0.3) is 0 Å². The third-order valence-corrected chi connectivity index (χ3v) is 8.44. The lowest BCUT2D eigenvalue weighted by Crippen LogP contribution is -2.59. The van der Waals surface area contributed by atoms with Crippen LogP contribution in [0, 0.1) is 12.7 Å². The second-order valence-electron chi connectivity index (χ2n) is 7.22. The van der Waals surface area contributed by atoms with Crippen LogP contribution in [0.2, 0.25) is 5.02 Å². The van der Waals surface area contributed by atoms with E-state index in [1.54, 1.807) is 22.9 Å². The first-order valence-corrected chi connectivity index (χ1v) is 11.3. The molecule has 0 aliphatic carbocycles. The standard InChI is InChI=1S/C16H17ClFIN4O3S/c1-7-4-21(3)5-9-6-27(25,26)14-10-13(11(17)8(2)12(14)18)23(19)16(24)20-15(10)22(7)9/h7,9H,4-6H2,1-3H3. The Morgan fingerprint density at radius 1 is 1.33 bits per heavy atom. The summed E-state index contributed by atoms with van der Waals surface area (Å²) in [6, 6.07) is -0.534. The third-order valence-electron chi connectivity index (χ3n) is 5.25. The monoisotopic (exact) mass is 526 g/mol. The Morgan fingerprint density at radius 2 is 2.00 bits per heavy atom. The highest BCUT2D eigenvalue weighted by molar-refractivity contribution is 14.1. The van der Waals surface area contributed by atoms with Crippen molar-refractivity contribution >= 4 is 61.0 Å². The lowest BCUT2D eigenvalue weighted by Gasteiger charge is -2.44. The number of rotatable bonds is 0. The minimum absolute atomic E-state index is 0.00902. The predicted molar refractivity (Wildman–Crippen MR) is 110 cm³/mol. The number of halogens is 3. The van der Waals surface area contributed by atoms with Crippen molar-refractivity contribution in [3.8, 4) is 0 Å². The molecule has 11 heteroatoms. The summed E-state index contributed by atoms with van der Waals surface area (Å²) in [7, 11) is -2.05. The Labute approximate surface area is 174 Å². The molecule has 3 heterocycles. The van der Waals surface area contributed by atoms with E-state index in [2.05, 4.69) is 4.98 Å². The molecule has 27 heavy (non-hydrogen) atoms. The molecule has 0 amide bonds. The molecule has 1 aromatic heterocycles. The molecule has 0 saturated carbocycles. The quantitative estimate of drug-likeness (QED) is 0.489. The average molecular weight is 527 g/mol. The van der Waals surface area contributed by atoms with Gasteiger partial charge in [0.2, 0.25) is 0 Å². The van der Waals surface area contributed by atoms with Crippen LogP contribution in [0.1, 0.15) is 12.5 Å². The van der Waals surface area contributed by atoms with Crippen molar-refractivity contribution < 1.29 is 12.8 Å². The highest BCUT2D eigenvalue weighted by Crippen LogP contribution is 2.43. The van der Waals surface area contributed by atoms with E-state index in [4.69, 9.17) is 11.6 Å². The molecule has 2 aromatic rings. The number of nitrogens with zero attached hydrogens (tertiary/aromatic N) is 4. The van der Waals surface area contributed by atoms with Gasteiger partial charge in [0.1, 0.15) is 16.5 Å². The van der Waals surface area contributed by atoms with Crippen LogP contribution in [0.25, 0.3) is 10.9 Å². The van der Waals surface area contributed by atoms with Crippen molar-refractivity contribution in [2.45, 2.75) is 30.8 Å². The number of anilines is 1. The molecule has 1 saturated heterocycles. The molecule has 1 aromatic carbocycles. The molecule has 2 unspecified atom stereocenters. The smallest absolute Gasteiger partial charge is 0.347 e. The largest absolute Gasteiger partial charge is 0.359 e. The van der Waals surface area contributed by atoms with Crippen molar-refractivity contribution in [1.29, 1.82) is 0 Å². The number of piperazine rings is 1. The molecule has 1 fully saturated rings. The summed E-state index contributed by atoms with van der Waals surface area (Å²) in [5.41, 5.74) is -0.368. The number of fused-ring (bicyclic) bond motifs is 2. The summed E-state index contributed by atoms with van der Waals surface area (Å²) in [6.07, 6.45) is 0. The molecule has 0 spiro atoms. The highest BCUT2D eigenvalue weighted by atomic mass is 127. The van der Waals surface area contributed by atoms with Gasteiger partial charge in [0.05, 0.1) is 50.6 Å². The van der Waals surface area contributed by atoms with Gasteiger partial charge in [-0.05, 0) is 20.9 Å². The van der Waals surface area contributed by atoms with Crippen molar-refractivity contribution in [3.63, 3.8) is 0 Å². The van der Waals surface area contributed by atoms with Crippen LogP contribution in [0.15, 0.2) is 9.69 Å². The van der Waals surface area contributed by atoms with E-state index in [0.29, 0.717) is 13.1 Å². The maximum atomic E-state index is 15.2. The number of hydrogen-bond donors (Lipinski definition) is 0. The predicted octanol–water partition coefficient (Wildman–Crippen LogP) is 1.99. The summed E-state index contributed by atoms with van der Waals surface area (Å²) in [5.74, 6) is -0.919. The Bertz CT molecular complexity index is 1150. The topological polar surface area (TPSA) is 75.5 Å². The van der Waals surface area contributed by atoms with E-state index >= 15 is 4.39 Å². The minimum Gasteiger partial charge on any atom is -0.347 e. The summed E-state index contributed by atoms with van der Waals surface area (Å²) < 4.78 is 42.7. The lowest BCUT2D eigenvalue weighted by molar-refractivity contribution is 0.240. The van der Waals surface area contributed by atoms with Crippen LogP contribution in [-0.2, 0) is 9.84 Å². The summed E-state index contributed by atoms with van der Waals surface area (Å²) in [6.45, 7) is 4.50. The molecule has 0 N–H and O–H groups in total. The first kappa shape index (κ1) is 19.3. The molecule has 2 aliphatic heterocycles. The van der Waals surface area contributed by atoms with Gasteiger partial charge in [-0.3, -0.25) is 0 Å². The van der Waals surface area contributed by atoms with Gasteiger partial charge in [-0.1, -0.05) is 11.6 Å². The summed E-state index contributed by atoms with van der Waals surface area (Å²) in [4.78, 5) is 20.1. The zero-order valence-electron chi connectivity index (χ0n) is 14.8. The van der Waals surface area contributed by atoms with Gasteiger partial charge in [0, 0.05) is 24.7 Å². The summed E-state index contributed by atoms with van der Waals surface area (Å²) >= 11 is 8.09. The second kappa shape index (κ2) is 6.26. The molecular formula is C16H17ClFIN4O3S. The van der Waals surface area contributed by atoms with Crippen LogP contribution in [0.3, 0.4) is 0 Å². The van der Waals surface area contributed by atoms with Gasteiger partial charge < -0.3 is 9.80 Å². The van der Waals surface area contributed by atoms with Crippen LogP contribution in [0.5, 0.6) is 0 Å². The molecule has 146 valence electrons. The van der Waals surface area contributed by atoms with Crippen LogP contribution < -0.4 is 10.6 Å². The molecule has 7 nitrogen and oxygen atoms in total. The van der Waals surface area contributed by atoms with Crippen molar-refractivity contribution in [1.82, 2.24) is 12.7 Å². The average Bonchev–Trinajstić information content (AvgIpc) is 2.64. The van der Waals surface area contributed by atoms with Gasteiger partial charge in [0.15, 0.2) is 9.84 Å². The van der Waals surface area contributed by atoms with Gasteiger partial charge in [-0.25, -0.2) is 20.4 Å². The summed E-state index contributed by atoms with van der Waals surface area (Å²) in [5, 5.41) is 0.118. The third kappa shape index (κ3) is 2.70. The van der Waals surface area contributed by atoms with E-state index in [-0.39, 0.29) is 39.1 Å². The van der Waals surface area contributed by atoms with Crippen molar-refractivity contribution in [2.24, 2.45) is 0 Å². The SMILES string of the molecule is Cc1c(F)c2c3c(nc(=O)n(I)c3c1Cl)N1C(C)CN(C)CC1CS2(=O)=O. The van der Waals surface area contributed by atoms with Crippen molar-refractivity contribution in [3.05, 3.63) is 26.9 Å². The fourth-order valence-electron chi connectivity index (χ4n) is 4.20. The number of benzene rings is 1. The maximum absolute atomic E-state index is 15.2. The van der Waals surface area contributed by atoms with Gasteiger partial charge >= 0.3 is 5.69 Å². The number of sulfone groups is 1. The van der Waals surface area contributed by atoms with E-state index < -0.39 is 32.3 Å².